The van der Waals surface area contributed by atoms with E-state index in [-0.39, 0.29) is 22.5 Å². The fourth-order valence-corrected chi connectivity index (χ4v) is 2.71. The average Bonchev–Trinajstić information content (AvgIpc) is 2.01. The molecular weight excluding hydrogens is 200 g/mol. The summed E-state index contributed by atoms with van der Waals surface area (Å²) in [6.07, 6.45) is 0. The van der Waals surface area contributed by atoms with Gasteiger partial charge in [0.2, 0.25) is 0 Å². The Morgan fingerprint density at radius 2 is 2.07 bits per heavy atom. The van der Waals surface area contributed by atoms with E-state index in [1.807, 2.05) is 13.8 Å². The molecule has 1 rings (SSSR count). The van der Waals surface area contributed by atoms with Gasteiger partial charge < -0.3 is 5.73 Å². The van der Waals surface area contributed by atoms with E-state index >= 15 is 0 Å². The van der Waals surface area contributed by atoms with Gasteiger partial charge in [-0.2, -0.15) is 0 Å². The normalized spacial score (nSPS) is 11.9. The van der Waals surface area contributed by atoms with Crippen LogP contribution < -0.4 is 5.73 Å². The summed E-state index contributed by atoms with van der Waals surface area (Å²) in [6.45, 7) is 3.70. The highest BCUT2D eigenvalue weighted by atomic mass is 32.2. The van der Waals surface area contributed by atoms with Gasteiger partial charge in [-0.15, -0.1) is 0 Å². The first-order chi connectivity index (χ1) is 6.42. The first-order valence-electron chi connectivity index (χ1n) is 4.37. The van der Waals surface area contributed by atoms with E-state index in [0.29, 0.717) is 0 Å². The molecule has 1 aromatic heterocycles. The van der Waals surface area contributed by atoms with Gasteiger partial charge in [-0.05, 0) is 18.1 Å². The molecule has 1 heterocycles. The van der Waals surface area contributed by atoms with Crippen LogP contribution in [0.5, 0.6) is 0 Å². The van der Waals surface area contributed by atoms with Crippen molar-refractivity contribution in [1.29, 1.82) is 0 Å². The third kappa shape index (κ3) is 2.70. The average molecular weight is 214 g/mol. The second-order valence-electron chi connectivity index (χ2n) is 3.58. The van der Waals surface area contributed by atoms with Gasteiger partial charge in [0.05, 0.1) is 5.75 Å². The van der Waals surface area contributed by atoms with E-state index in [1.165, 1.54) is 6.07 Å². The molecule has 0 radical (unpaired) electrons. The molecule has 5 heteroatoms. The zero-order valence-electron chi connectivity index (χ0n) is 8.27. The lowest BCUT2D eigenvalue weighted by Gasteiger charge is -2.06. The molecule has 0 saturated heterocycles. The molecule has 0 aromatic carbocycles. The van der Waals surface area contributed by atoms with Crippen molar-refractivity contribution in [2.24, 2.45) is 5.92 Å². The summed E-state index contributed by atoms with van der Waals surface area (Å²) in [7, 11) is -3.27. The SMILES string of the molecule is CC(C)CS(=O)(=O)c1cccc(N)n1. The summed E-state index contributed by atoms with van der Waals surface area (Å²) in [6, 6.07) is 4.62. The van der Waals surface area contributed by atoms with Crippen LogP contribution >= 0.6 is 0 Å². The lowest BCUT2D eigenvalue weighted by Crippen LogP contribution is -2.13. The summed E-state index contributed by atoms with van der Waals surface area (Å²) in [5.74, 6) is 0.418. The van der Waals surface area contributed by atoms with Crippen LogP contribution in [-0.2, 0) is 9.84 Å². The Kier molecular flexibility index (Phi) is 3.10. The number of hydrogen-bond donors (Lipinski definition) is 1. The number of nitrogen functional groups attached to an aromatic ring is 1. The van der Waals surface area contributed by atoms with Crippen LogP contribution in [0.4, 0.5) is 5.82 Å². The molecule has 0 unspecified atom stereocenters. The molecule has 0 aliphatic rings. The number of nitrogens with two attached hydrogens (primary N) is 1. The Balaban J connectivity index is 3.05. The summed E-state index contributed by atoms with van der Waals surface area (Å²) >= 11 is 0. The van der Waals surface area contributed by atoms with Gasteiger partial charge in [-0.3, -0.25) is 0 Å². The van der Waals surface area contributed by atoms with Crippen LogP contribution in [-0.4, -0.2) is 19.2 Å². The van der Waals surface area contributed by atoms with Crippen molar-refractivity contribution in [3.05, 3.63) is 18.2 Å². The largest absolute Gasteiger partial charge is 0.384 e. The number of anilines is 1. The molecule has 0 fully saturated rings. The highest BCUT2D eigenvalue weighted by Gasteiger charge is 2.17. The Hall–Kier alpha value is -1.10. The molecule has 0 saturated carbocycles. The summed E-state index contributed by atoms with van der Waals surface area (Å²) < 4.78 is 23.4. The summed E-state index contributed by atoms with van der Waals surface area (Å²) in [5, 5.41) is 0.0613. The first kappa shape index (κ1) is 11.0. The van der Waals surface area contributed by atoms with Crippen LogP contribution in [0, 0.1) is 5.92 Å². The minimum atomic E-state index is -3.27. The van der Waals surface area contributed by atoms with Crippen molar-refractivity contribution in [3.8, 4) is 0 Å². The van der Waals surface area contributed by atoms with Gasteiger partial charge in [0.25, 0.3) is 0 Å². The Labute approximate surface area is 84.1 Å². The van der Waals surface area contributed by atoms with Gasteiger partial charge in [-0.1, -0.05) is 19.9 Å². The van der Waals surface area contributed by atoms with E-state index in [2.05, 4.69) is 4.98 Å². The lowest BCUT2D eigenvalue weighted by molar-refractivity contribution is 0.579. The quantitative estimate of drug-likeness (QED) is 0.817. The third-order valence-corrected chi connectivity index (χ3v) is 3.59. The van der Waals surface area contributed by atoms with Gasteiger partial charge >= 0.3 is 0 Å². The number of rotatable bonds is 3. The Morgan fingerprint density at radius 1 is 1.43 bits per heavy atom. The zero-order valence-corrected chi connectivity index (χ0v) is 9.08. The second kappa shape index (κ2) is 3.96. The molecule has 1 aromatic rings. The molecule has 0 aliphatic heterocycles. The van der Waals surface area contributed by atoms with E-state index < -0.39 is 9.84 Å². The molecule has 14 heavy (non-hydrogen) atoms. The smallest absolute Gasteiger partial charge is 0.195 e. The molecule has 0 atom stereocenters. The topological polar surface area (TPSA) is 73.0 Å². The van der Waals surface area contributed by atoms with Crippen molar-refractivity contribution in [2.75, 3.05) is 11.5 Å². The van der Waals surface area contributed by atoms with E-state index in [4.69, 9.17) is 5.73 Å². The van der Waals surface area contributed by atoms with E-state index in [0.717, 1.165) is 0 Å². The van der Waals surface area contributed by atoms with Crippen molar-refractivity contribution in [3.63, 3.8) is 0 Å². The first-order valence-corrected chi connectivity index (χ1v) is 6.02. The molecular formula is C9H14N2O2S. The van der Waals surface area contributed by atoms with Crippen molar-refractivity contribution >= 4 is 15.7 Å². The standard InChI is InChI=1S/C9H14N2O2S/c1-7(2)6-14(12,13)9-5-3-4-8(10)11-9/h3-5,7H,6H2,1-2H3,(H2,10,11). The van der Waals surface area contributed by atoms with Gasteiger partial charge in [-0.25, -0.2) is 13.4 Å². The Bertz CT molecular complexity index is 413. The maximum Gasteiger partial charge on any atom is 0.195 e. The predicted octanol–water partition coefficient (Wildman–Crippen LogP) is 1.09. The fraction of sp³-hybridized carbons (Fsp3) is 0.444. The molecule has 0 bridgehead atoms. The van der Waals surface area contributed by atoms with Gasteiger partial charge in [0.1, 0.15) is 5.82 Å². The molecule has 0 aliphatic carbocycles. The number of aromatic nitrogens is 1. The van der Waals surface area contributed by atoms with Crippen molar-refractivity contribution in [1.82, 2.24) is 4.98 Å². The highest BCUT2D eigenvalue weighted by molar-refractivity contribution is 7.91. The maximum absolute atomic E-state index is 11.7. The monoisotopic (exact) mass is 214 g/mol. The number of nitrogens with zero attached hydrogens (tertiary/aromatic N) is 1. The maximum atomic E-state index is 11.7. The minimum absolute atomic E-state index is 0.0613. The second-order valence-corrected chi connectivity index (χ2v) is 5.56. The number of pyridine rings is 1. The van der Waals surface area contributed by atoms with E-state index in [1.54, 1.807) is 12.1 Å². The van der Waals surface area contributed by atoms with Gasteiger partial charge in [0, 0.05) is 0 Å². The van der Waals surface area contributed by atoms with Gasteiger partial charge in [0.15, 0.2) is 14.9 Å². The molecule has 0 amide bonds. The van der Waals surface area contributed by atoms with Crippen LogP contribution in [0.15, 0.2) is 23.2 Å². The molecule has 0 spiro atoms. The minimum Gasteiger partial charge on any atom is -0.384 e. The van der Waals surface area contributed by atoms with Crippen LogP contribution in [0.2, 0.25) is 0 Å². The third-order valence-electron chi connectivity index (χ3n) is 1.62. The van der Waals surface area contributed by atoms with Crippen LogP contribution in [0.25, 0.3) is 0 Å². The van der Waals surface area contributed by atoms with Crippen LogP contribution in [0.3, 0.4) is 0 Å². The van der Waals surface area contributed by atoms with Crippen LogP contribution in [0.1, 0.15) is 13.8 Å². The molecule has 4 nitrogen and oxygen atoms in total. The Morgan fingerprint density at radius 3 is 2.57 bits per heavy atom. The highest BCUT2D eigenvalue weighted by Crippen LogP contribution is 2.12. The van der Waals surface area contributed by atoms with E-state index in [9.17, 15) is 8.42 Å². The molecule has 78 valence electrons. The summed E-state index contributed by atoms with van der Waals surface area (Å²) in [4.78, 5) is 3.79. The molecule has 2 N–H and O–H groups in total. The zero-order chi connectivity index (χ0) is 10.8. The number of hydrogen-bond acceptors (Lipinski definition) is 4. The number of sulfone groups is 1. The summed E-state index contributed by atoms with van der Waals surface area (Å²) in [5.41, 5.74) is 5.41. The fourth-order valence-electron chi connectivity index (χ4n) is 1.13. The predicted molar refractivity (Wildman–Crippen MR) is 55.5 cm³/mol. The lowest BCUT2D eigenvalue weighted by atomic mass is 10.3. The van der Waals surface area contributed by atoms with Crippen molar-refractivity contribution < 1.29 is 8.42 Å². The van der Waals surface area contributed by atoms with Crippen molar-refractivity contribution in [2.45, 2.75) is 18.9 Å².